The molecular weight excluding hydrogens is 542 g/mol. The molecule has 1 aliphatic carbocycles. The number of hydrogen-bond donors (Lipinski definition) is 2. The van der Waals surface area contributed by atoms with Gasteiger partial charge >= 0.3 is 6.09 Å². The first-order valence-electron chi connectivity index (χ1n) is 16.4. The normalized spacial score (nSPS) is 16.5. The van der Waals surface area contributed by atoms with Crippen LogP contribution in [-0.2, 0) is 28.2 Å². The maximum atomic E-state index is 13.3. The summed E-state index contributed by atoms with van der Waals surface area (Å²) in [5.74, 6) is -0.926. The maximum Gasteiger partial charge on any atom is 0.411 e. The van der Waals surface area contributed by atoms with Crippen LogP contribution in [0.5, 0.6) is 5.75 Å². The molecule has 9 nitrogen and oxygen atoms in total. The minimum Gasteiger partial charge on any atom is -0.496 e. The van der Waals surface area contributed by atoms with Crippen LogP contribution in [0.4, 0.5) is 10.5 Å². The summed E-state index contributed by atoms with van der Waals surface area (Å²) in [6.07, 6.45) is 5.43. The van der Waals surface area contributed by atoms with E-state index in [0.717, 1.165) is 42.1 Å². The number of nitrogens with one attached hydrogen (secondary N) is 2. The molecule has 214 valence electrons. The highest BCUT2D eigenvalue weighted by Crippen LogP contribution is 2.30. The van der Waals surface area contributed by atoms with Crippen LogP contribution < -0.4 is 14.8 Å². The van der Waals surface area contributed by atoms with E-state index < -0.39 is 63.5 Å². The van der Waals surface area contributed by atoms with Crippen molar-refractivity contribution in [1.29, 1.82) is 0 Å². The van der Waals surface area contributed by atoms with E-state index in [1.54, 1.807) is 16.9 Å². The number of aromatic nitrogens is 1. The molecule has 0 bridgehead atoms. The van der Waals surface area contributed by atoms with Gasteiger partial charge in [0.25, 0.3) is 15.9 Å². The van der Waals surface area contributed by atoms with Gasteiger partial charge in [-0.05, 0) is 85.6 Å². The van der Waals surface area contributed by atoms with Crippen LogP contribution in [0.2, 0.25) is 0 Å². The molecule has 2 amide bonds. The molecule has 0 atom stereocenters. The molecule has 41 heavy (non-hydrogen) atoms. The average molecular weight is 583 g/mol. The van der Waals surface area contributed by atoms with Crippen molar-refractivity contribution in [2.75, 3.05) is 12.4 Å². The molecule has 1 aromatic heterocycles. The highest BCUT2D eigenvalue weighted by molar-refractivity contribution is 7.90. The molecule has 3 aromatic carbocycles. The van der Waals surface area contributed by atoms with E-state index in [4.69, 9.17) is 19.1 Å². The SMILES string of the molecule is [2H]c1c([2H])c([2H])c(S(=O)(=O)NC(=O)c2ccc(Cc3cn(C)c4ccc(NC(=O)OC5CCCC5)cc34)c(OC)c2)c(C([2H])([2H])[2H])c1[2H]. The first-order valence-corrected chi connectivity index (χ1v) is 14.4. The molecule has 0 aliphatic heterocycles. The lowest BCUT2D eigenvalue weighted by Crippen LogP contribution is -2.31. The molecule has 2 N–H and O–H groups in total. The van der Waals surface area contributed by atoms with Gasteiger partial charge in [0, 0.05) is 45.9 Å². The lowest BCUT2D eigenvalue weighted by atomic mass is 10.0. The lowest BCUT2D eigenvalue weighted by molar-refractivity contribution is 0.0980. The first kappa shape index (κ1) is 20.5. The Morgan fingerprint density at radius 3 is 2.63 bits per heavy atom. The van der Waals surface area contributed by atoms with Crippen LogP contribution in [0.3, 0.4) is 0 Å². The fourth-order valence-electron chi connectivity index (χ4n) is 4.97. The van der Waals surface area contributed by atoms with Gasteiger partial charge in [0.1, 0.15) is 11.9 Å². The smallest absolute Gasteiger partial charge is 0.411 e. The third-order valence-electron chi connectivity index (χ3n) is 6.97. The van der Waals surface area contributed by atoms with Crippen molar-refractivity contribution < 1.29 is 37.1 Å². The van der Waals surface area contributed by atoms with Gasteiger partial charge in [-0.25, -0.2) is 17.9 Å². The predicted molar refractivity (Wildman–Crippen MR) is 157 cm³/mol. The van der Waals surface area contributed by atoms with Gasteiger partial charge in [-0.2, -0.15) is 0 Å². The monoisotopic (exact) mass is 582 g/mol. The molecule has 10 heteroatoms. The number of carbonyl (C=O) groups is 2. The van der Waals surface area contributed by atoms with Crippen LogP contribution in [0, 0.1) is 6.85 Å². The zero-order valence-electron chi connectivity index (χ0n) is 29.5. The van der Waals surface area contributed by atoms with Crippen molar-refractivity contribution in [1.82, 2.24) is 9.29 Å². The van der Waals surface area contributed by atoms with Gasteiger partial charge in [-0.15, -0.1) is 0 Å². The number of aryl methyl sites for hydroxylation is 1. The third-order valence-corrected chi connectivity index (χ3v) is 8.27. The minimum atomic E-state index is -5.09. The largest absolute Gasteiger partial charge is 0.496 e. The summed E-state index contributed by atoms with van der Waals surface area (Å²) in [4.78, 5) is 24.4. The highest BCUT2D eigenvalue weighted by atomic mass is 32.2. The summed E-state index contributed by atoms with van der Waals surface area (Å²) >= 11 is 0. The van der Waals surface area contributed by atoms with E-state index in [-0.39, 0.29) is 17.4 Å². The van der Waals surface area contributed by atoms with Gasteiger partial charge in [-0.3, -0.25) is 10.1 Å². The van der Waals surface area contributed by atoms with E-state index in [1.807, 2.05) is 29.9 Å². The standard InChI is InChI=1S/C31H33N3O6S/c1-20-8-4-7-11-29(20)41(37,38)33-30(35)22-13-12-21(28(17-22)39-3)16-23-19-34(2)27-15-14-24(18-26(23)27)32-31(36)40-25-9-5-6-10-25/h4,7-8,11-15,17-19,25H,5-6,9-10,16H2,1-3H3,(H,32,36)(H,33,35)/i1D3,4D,7D,8D,11D. The summed E-state index contributed by atoms with van der Waals surface area (Å²) < 4.78 is 96.2. The number of rotatable bonds is 8. The van der Waals surface area contributed by atoms with E-state index in [9.17, 15) is 18.0 Å². The molecule has 1 fully saturated rings. The molecule has 0 unspecified atom stereocenters. The highest BCUT2D eigenvalue weighted by Gasteiger charge is 2.22. The molecule has 0 saturated heterocycles. The number of benzene rings is 3. The fraction of sp³-hybridized carbons (Fsp3) is 0.290. The number of ether oxygens (including phenoxy) is 2. The Morgan fingerprint density at radius 2 is 1.88 bits per heavy atom. The molecule has 0 radical (unpaired) electrons. The molecule has 4 aromatic rings. The molecule has 1 saturated carbocycles. The summed E-state index contributed by atoms with van der Waals surface area (Å²) in [6, 6.07) is 5.68. The Morgan fingerprint density at radius 1 is 1.10 bits per heavy atom. The first-order chi connectivity index (χ1) is 22.5. The second-order valence-electron chi connectivity index (χ2n) is 9.78. The van der Waals surface area contributed by atoms with Crippen molar-refractivity contribution >= 4 is 38.6 Å². The Balaban J connectivity index is 1.40. The van der Waals surface area contributed by atoms with Crippen LogP contribution in [-0.4, -0.2) is 38.2 Å². The van der Waals surface area contributed by atoms with Crippen molar-refractivity contribution in [2.24, 2.45) is 7.05 Å². The van der Waals surface area contributed by atoms with Crippen molar-refractivity contribution in [3.8, 4) is 5.75 Å². The second-order valence-corrected chi connectivity index (χ2v) is 11.4. The fourth-order valence-corrected chi connectivity index (χ4v) is 5.94. The van der Waals surface area contributed by atoms with Gasteiger partial charge in [0.15, 0.2) is 0 Å². The summed E-state index contributed by atoms with van der Waals surface area (Å²) in [7, 11) is -1.83. The molecule has 1 aliphatic rings. The van der Waals surface area contributed by atoms with E-state index in [0.29, 0.717) is 17.7 Å². The number of fused-ring (bicyclic) bond motifs is 1. The van der Waals surface area contributed by atoms with Crippen LogP contribution >= 0.6 is 0 Å². The Labute approximate surface area is 249 Å². The number of carbonyl (C=O) groups excluding carboxylic acids is 2. The Hall–Kier alpha value is -4.31. The topological polar surface area (TPSA) is 116 Å². The van der Waals surface area contributed by atoms with E-state index in [2.05, 4.69) is 5.32 Å². The number of amides is 2. The van der Waals surface area contributed by atoms with E-state index in [1.165, 1.54) is 19.2 Å². The van der Waals surface area contributed by atoms with Crippen molar-refractivity contribution in [2.45, 2.75) is 50.0 Å². The quantitative estimate of drug-likeness (QED) is 0.276. The van der Waals surface area contributed by atoms with Crippen LogP contribution in [0.1, 0.15) is 62.3 Å². The average Bonchev–Trinajstić information content (AvgIpc) is 3.63. The maximum absolute atomic E-state index is 13.3. The van der Waals surface area contributed by atoms with Crippen LogP contribution in [0.25, 0.3) is 10.9 Å². The van der Waals surface area contributed by atoms with Gasteiger partial charge in [0.05, 0.1) is 17.5 Å². The number of hydrogen-bond acceptors (Lipinski definition) is 6. The summed E-state index contributed by atoms with van der Waals surface area (Å²) in [5, 5.41) is 3.65. The van der Waals surface area contributed by atoms with E-state index >= 15 is 0 Å². The zero-order chi connectivity index (χ0) is 35.1. The van der Waals surface area contributed by atoms with Gasteiger partial charge in [0.2, 0.25) is 0 Å². The Bertz CT molecular complexity index is 2040. The molecular formula is C31H33N3O6S. The van der Waals surface area contributed by atoms with Crippen molar-refractivity contribution in [3.63, 3.8) is 0 Å². The number of anilines is 1. The molecule has 0 spiro atoms. The molecule has 5 rings (SSSR count). The molecule has 1 heterocycles. The Kier molecular flexibility index (Phi) is 5.84. The number of methoxy groups -OCH3 is 1. The summed E-state index contributed by atoms with van der Waals surface area (Å²) in [6.45, 7) is -3.23. The third kappa shape index (κ3) is 6.22. The van der Waals surface area contributed by atoms with Crippen molar-refractivity contribution in [3.05, 3.63) is 89.0 Å². The summed E-state index contributed by atoms with van der Waals surface area (Å²) in [5.41, 5.74) is 1.68. The van der Waals surface area contributed by atoms with Gasteiger partial charge < -0.3 is 14.0 Å². The number of sulfonamides is 1. The zero-order valence-corrected chi connectivity index (χ0v) is 23.3. The number of nitrogens with zero attached hydrogens (tertiary/aromatic N) is 1. The lowest BCUT2D eigenvalue weighted by Gasteiger charge is -2.13. The second kappa shape index (κ2) is 11.7. The minimum absolute atomic E-state index is 0.0806. The van der Waals surface area contributed by atoms with Gasteiger partial charge in [-0.1, -0.05) is 24.2 Å². The predicted octanol–water partition coefficient (Wildman–Crippen LogP) is 5.70. The van der Waals surface area contributed by atoms with Crippen LogP contribution in [0.15, 0.2) is 71.7 Å².